The van der Waals surface area contributed by atoms with Crippen LogP contribution in [0.25, 0.3) is 0 Å². The Morgan fingerprint density at radius 2 is 2.16 bits per heavy atom. The zero-order chi connectivity index (χ0) is 14.0. The Kier molecular flexibility index (Phi) is 3.69. The van der Waals surface area contributed by atoms with E-state index < -0.39 is 23.5 Å². The number of hydrogen-bond donors (Lipinski definition) is 1. The van der Waals surface area contributed by atoms with E-state index in [0.717, 1.165) is 18.8 Å². The maximum absolute atomic E-state index is 12.2. The lowest BCUT2D eigenvalue weighted by Gasteiger charge is -2.35. The van der Waals surface area contributed by atoms with E-state index in [9.17, 15) is 19.5 Å². The van der Waals surface area contributed by atoms with Crippen molar-refractivity contribution >= 4 is 11.9 Å². The lowest BCUT2D eigenvalue weighted by molar-refractivity contribution is -0.144. The van der Waals surface area contributed by atoms with Gasteiger partial charge in [-0.25, -0.2) is 9.59 Å². The molecule has 0 saturated carbocycles. The van der Waals surface area contributed by atoms with Gasteiger partial charge in [0.15, 0.2) is 0 Å². The molecule has 6 heteroatoms. The molecular weight excluding hydrogens is 250 g/mol. The standard InChI is InChI=1S/C13H15NO5/c1-8-4-5-14(10(6-8)13(17)18)12(16)9-2-3-11(15)19-7-9/h2-3,7-8,10H,4-6H2,1H3,(H,17,18). The van der Waals surface area contributed by atoms with Crippen molar-refractivity contribution in [3.63, 3.8) is 0 Å². The third-order valence-electron chi connectivity index (χ3n) is 3.36. The summed E-state index contributed by atoms with van der Waals surface area (Å²) in [6, 6.07) is 1.68. The lowest BCUT2D eigenvalue weighted by Crippen LogP contribution is -2.49. The Morgan fingerprint density at radius 1 is 1.42 bits per heavy atom. The first-order chi connectivity index (χ1) is 8.99. The van der Waals surface area contributed by atoms with Crippen molar-refractivity contribution in [3.8, 4) is 0 Å². The second-order valence-electron chi connectivity index (χ2n) is 4.83. The number of carboxylic acids is 1. The number of carboxylic acid groups (broad SMARTS) is 1. The Hall–Kier alpha value is -2.11. The van der Waals surface area contributed by atoms with Crippen LogP contribution in [0.2, 0.25) is 0 Å². The summed E-state index contributed by atoms with van der Waals surface area (Å²) >= 11 is 0. The Balaban J connectivity index is 2.23. The normalized spacial score (nSPS) is 23.1. The minimum atomic E-state index is -1.00. The fourth-order valence-electron chi connectivity index (χ4n) is 2.26. The van der Waals surface area contributed by atoms with Crippen LogP contribution in [0, 0.1) is 5.92 Å². The molecule has 1 aromatic heterocycles. The third kappa shape index (κ3) is 2.83. The molecule has 1 aromatic rings. The summed E-state index contributed by atoms with van der Waals surface area (Å²) in [7, 11) is 0. The first-order valence-corrected chi connectivity index (χ1v) is 6.11. The van der Waals surface area contributed by atoms with Gasteiger partial charge < -0.3 is 14.4 Å². The van der Waals surface area contributed by atoms with Gasteiger partial charge in [0, 0.05) is 12.6 Å². The van der Waals surface area contributed by atoms with E-state index in [1.54, 1.807) is 0 Å². The topological polar surface area (TPSA) is 87.8 Å². The van der Waals surface area contributed by atoms with Crippen molar-refractivity contribution in [2.45, 2.75) is 25.8 Å². The summed E-state index contributed by atoms with van der Waals surface area (Å²) in [5.41, 5.74) is -0.348. The summed E-state index contributed by atoms with van der Waals surface area (Å²) in [5, 5.41) is 9.20. The van der Waals surface area contributed by atoms with Crippen LogP contribution in [-0.4, -0.2) is 34.5 Å². The van der Waals surface area contributed by atoms with Crippen molar-refractivity contribution < 1.29 is 19.1 Å². The molecule has 1 amide bonds. The Bertz CT molecular complexity index is 530. The second-order valence-corrected chi connectivity index (χ2v) is 4.83. The molecule has 6 nitrogen and oxygen atoms in total. The molecule has 0 radical (unpaired) electrons. The SMILES string of the molecule is CC1CCN(C(=O)c2ccc(=O)oc2)C(C(=O)O)C1. The van der Waals surface area contributed by atoms with Crippen LogP contribution in [0.5, 0.6) is 0 Å². The summed E-state index contributed by atoms with van der Waals surface area (Å²) in [6.07, 6.45) is 2.28. The number of rotatable bonds is 2. The van der Waals surface area contributed by atoms with E-state index in [-0.39, 0.29) is 11.5 Å². The van der Waals surface area contributed by atoms with Crippen LogP contribution in [-0.2, 0) is 4.79 Å². The molecule has 2 atom stereocenters. The summed E-state index contributed by atoms with van der Waals surface area (Å²) in [4.78, 5) is 35.6. The number of likely N-dealkylation sites (tertiary alicyclic amines) is 1. The van der Waals surface area contributed by atoms with E-state index in [1.165, 1.54) is 11.0 Å². The maximum Gasteiger partial charge on any atom is 0.335 e. The predicted molar refractivity (Wildman–Crippen MR) is 65.8 cm³/mol. The molecular formula is C13H15NO5. The molecule has 0 aliphatic carbocycles. The van der Waals surface area contributed by atoms with Crippen molar-refractivity contribution in [1.29, 1.82) is 0 Å². The number of amides is 1. The van der Waals surface area contributed by atoms with E-state index in [0.29, 0.717) is 13.0 Å². The minimum absolute atomic E-state index is 0.195. The van der Waals surface area contributed by atoms with E-state index in [4.69, 9.17) is 0 Å². The van der Waals surface area contributed by atoms with Crippen LogP contribution < -0.4 is 5.63 Å². The zero-order valence-corrected chi connectivity index (χ0v) is 10.5. The van der Waals surface area contributed by atoms with Gasteiger partial charge in [0.25, 0.3) is 5.91 Å². The van der Waals surface area contributed by atoms with E-state index >= 15 is 0 Å². The predicted octanol–water partition coefficient (Wildman–Crippen LogP) is 0.965. The summed E-state index contributed by atoms with van der Waals surface area (Å²) < 4.78 is 4.64. The second kappa shape index (κ2) is 5.26. The highest BCUT2D eigenvalue weighted by Crippen LogP contribution is 2.24. The molecule has 2 unspecified atom stereocenters. The molecule has 1 aliphatic heterocycles. The summed E-state index contributed by atoms with van der Waals surface area (Å²) in [5.74, 6) is -1.14. The first kappa shape index (κ1) is 13.3. The monoisotopic (exact) mass is 265 g/mol. The maximum atomic E-state index is 12.2. The van der Waals surface area contributed by atoms with Crippen molar-refractivity contribution in [1.82, 2.24) is 4.90 Å². The third-order valence-corrected chi connectivity index (χ3v) is 3.36. The zero-order valence-electron chi connectivity index (χ0n) is 10.5. The molecule has 0 bridgehead atoms. The van der Waals surface area contributed by atoms with Gasteiger partial charge in [-0.1, -0.05) is 6.92 Å². The van der Waals surface area contributed by atoms with E-state index in [1.807, 2.05) is 6.92 Å². The van der Waals surface area contributed by atoms with Crippen molar-refractivity contribution in [3.05, 3.63) is 34.4 Å². The smallest absolute Gasteiger partial charge is 0.335 e. The average molecular weight is 265 g/mol. The Morgan fingerprint density at radius 3 is 2.74 bits per heavy atom. The molecule has 2 rings (SSSR count). The fourth-order valence-corrected chi connectivity index (χ4v) is 2.26. The average Bonchev–Trinajstić information content (AvgIpc) is 2.38. The molecule has 2 heterocycles. The van der Waals surface area contributed by atoms with Gasteiger partial charge in [-0.3, -0.25) is 4.79 Å². The number of piperidine rings is 1. The fraction of sp³-hybridized carbons (Fsp3) is 0.462. The van der Waals surface area contributed by atoms with Crippen molar-refractivity contribution in [2.24, 2.45) is 5.92 Å². The highest BCUT2D eigenvalue weighted by Gasteiger charge is 2.35. The van der Waals surface area contributed by atoms with Crippen LogP contribution >= 0.6 is 0 Å². The van der Waals surface area contributed by atoms with Crippen LogP contribution in [0.3, 0.4) is 0 Å². The van der Waals surface area contributed by atoms with Crippen LogP contribution in [0.15, 0.2) is 27.6 Å². The van der Waals surface area contributed by atoms with Gasteiger partial charge in [-0.05, 0) is 24.8 Å². The minimum Gasteiger partial charge on any atom is -0.480 e. The number of carbonyl (C=O) groups excluding carboxylic acids is 1. The highest BCUT2D eigenvalue weighted by molar-refractivity contribution is 5.96. The van der Waals surface area contributed by atoms with Crippen molar-refractivity contribution in [2.75, 3.05) is 6.54 Å². The molecule has 1 aliphatic rings. The summed E-state index contributed by atoms with van der Waals surface area (Å²) in [6.45, 7) is 2.37. The van der Waals surface area contributed by atoms with Gasteiger partial charge in [0.1, 0.15) is 12.3 Å². The number of nitrogens with zero attached hydrogens (tertiary/aromatic N) is 1. The number of hydrogen-bond acceptors (Lipinski definition) is 4. The molecule has 102 valence electrons. The lowest BCUT2D eigenvalue weighted by atomic mass is 9.92. The largest absolute Gasteiger partial charge is 0.480 e. The molecule has 1 N–H and O–H groups in total. The quantitative estimate of drug-likeness (QED) is 0.860. The van der Waals surface area contributed by atoms with Gasteiger partial charge in [0.05, 0.1) is 5.56 Å². The molecule has 19 heavy (non-hydrogen) atoms. The Labute approximate surface area is 109 Å². The number of carbonyl (C=O) groups is 2. The van der Waals surface area contributed by atoms with E-state index in [2.05, 4.69) is 4.42 Å². The highest BCUT2D eigenvalue weighted by atomic mass is 16.4. The van der Waals surface area contributed by atoms with Gasteiger partial charge in [0.2, 0.25) is 0 Å². The van der Waals surface area contributed by atoms with Gasteiger partial charge in [-0.2, -0.15) is 0 Å². The number of aliphatic carboxylic acids is 1. The van der Waals surface area contributed by atoms with Crippen LogP contribution in [0.1, 0.15) is 30.1 Å². The molecule has 0 spiro atoms. The van der Waals surface area contributed by atoms with Crippen LogP contribution in [0.4, 0.5) is 0 Å². The van der Waals surface area contributed by atoms with Gasteiger partial charge in [-0.15, -0.1) is 0 Å². The molecule has 1 fully saturated rings. The molecule has 1 saturated heterocycles. The first-order valence-electron chi connectivity index (χ1n) is 6.11. The van der Waals surface area contributed by atoms with Gasteiger partial charge >= 0.3 is 11.6 Å². The molecule has 0 aromatic carbocycles.